The summed E-state index contributed by atoms with van der Waals surface area (Å²) in [6.45, 7) is -5.99. The van der Waals surface area contributed by atoms with Gasteiger partial charge in [-0.2, -0.15) is 5.10 Å². The number of nitrogens with zero attached hydrogens (tertiary/aromatic N) is 3. The van der Waals surface area contributed by atoms with Gasteiger partial charge in [-0.05, 0) is 5.56 Å². The van der Waals surface area contributed by atoms with Crippen molar-refractivity contribution in [3.8, 4) is 0 Å². The molecule has 2 heterocycles. The lowest BCUT2D eigenvalue weighted by atomic mass is 10.1. The molecule has 0 atom stereocenters. The van der Waals surface area contributed by atoms with Crippen molar-refractivity contribution in [3.05, 3.63) is 48.2 Å². The summed E-state index contributed by atoms with van der Waals surface area (Å²) in [7, 11) is 0. The molecule has 0 aliphatic carbocycles. The Morgan fingerprint density at radius 3 is 2.63 bits per heavy atom. The van der Waals surface area contributed by atoms with Gasteiger partial charge in [0.2, 0.25) is 0 Å². The van der Waals surface area contributed by atoms with Gasteiger partial charge in [-0.3, -0.25) is 9.48 Å². The number of rotatable bonds is 3. The molecule has 0 bridgehead atoms. The predicted octanol–water partition coefficient (Wildman–Crippen LogP) is 2.10. The highest BCUT2D eigenvalue weighted by atomic mass is 16.1. The van der Waals surface area contributed by atoms with Crippen molar-refractivity contribution in [3.63, 3.8) is 0 Å². The molecule has 1 aromatic heterocycles. The van der Waals surface area contributed by atoms with E-state index in [1.165, 1.54) is 16.9 Å². The zero-order valence-corrected chi connectivity index (χ0v) is 10.00. The molecule has 0 unspecified atom stereocenters. The summed E-state index contributed by atoms with van der Waals surface area (Å²) >= 11 is 0. The Balaban J connectivity index is 2.05. The van der Waals surface area contributed by atoms with Crippen molar-refractivity contribution in [2.24, 2.45) is 0 Å². The number of hydrogen-bond acceptors (Lipinski definition) is 3. The summed E-state index contributed by atoms with van der Waals surface area (Å²) in [6.07, 6.45) is -5.09. The molecule has 0 amide bonds. The van der Waals surface area contributed by atoms with Crippen molar-refractivity contribution in [2.45, 2.75) is 19.3 Å². The Morgan fingerprint density at radius 2 is 1.89 bits per heavy atom. The second-order valence-electron chi connectivity index (χ2n) is 4.00. The number of ketones is 1. The van der Waals surface area contributed by atoms with Crippen LogP contribution in [0.25, 0.3) is 0 Å². The molecule has 2 aromatic rings. The minimum atomic E-state index is -3.27. The third-order valence-corrected chi connectivity index (χ3v) is 2.61. The number of piperidine rings is 1. The van der Waals surface area contributed by atoms with Crippen LogP contribution in [0.5, 0.6) is 0 Å². The van der Waals surface area contributed by atoms with Gasteiger partial charge >= 0.3 is 0 Å². The fraction of sp³-hybridized carbons (Fsp3) is 0.333. The minimum Gasteiger partial charge on any atom is -0.354 e. The van der Waals surface area contributed by atoms with E-state index in [1.807, 2.05) is 30.3 Å². The Labute approximate surface area is 123 Å². The van der Waals surface area contributed by atoms with Crippen LogP contribution in [0.3, 0.4) is 0 Å². The first-order valence-electron chi connectivity index (χ1n) is 9.76. The maximum absolute atomic E-state index is 12.1. The summed E-state index contributed by atoms with van der Waals surface area (Å²) in [6, 6.07) is 10.5. The molecule has 1 aliphatic rings. The summed E-state index contributed by atoms with van der Waals surface area (Å²) in [5, 5.41) is 4.09. The van der Waals surface area contributed by atoms with Gasteiger partial charge in [0.05, 0.1) is 6.54 Å². The van der Waals surface area contributed by atoms with Gasteiger partial charge in [-0.1, -0.05) is 30.3 Å². The van der Waals surface area contributed by atoms with E-state index in [-0.39, 0.29) is 10.7 Å². The molecule has 1 aromatic carbocycles. The van der Waals surface area contributed by atoms with Crippen molar-refractivity contribution >= 4 is 11.6 Å². The monoisotopic (exact) mass is 263 g/mol. The summed E-state index contributed by atoms with van der Waals surface area (Å²) in [5.41, 5.74) is 0.887. The van der Waals surface area contributed by atoms with Crippen LogP contribution >= 0.6 is 0 Å². The lowest BCUT2D eigenvalue weighted by Crippen LogP contribution is -2.34. The van der Waals surface area contributed by atoms with Gasteiger partial charge in [-0.15, -0.1) is 0 Å². The molecule has 3 rings (SSSR count). The highest BCUT2D eigenvalue weighted by Gasteiger charge is 2.17. The summed E-state index contributed by atoms with van der Waals surface area (Å²) in [5.74, 6) is -2.08. The molecule has 0 spiro atoms. The molecular weight excluding hydrogens is 238 g/mol. The van der Waals surface area contributed by atoms with E-state index in [2.05, 4.69) is 5.10 Å². The molecule has 0 saturated carbocycles. The van der Waals surface area contributed by atoms with E-state index in [0.717, 1.165) is 5.56 Å². The Kier molecular flexibility index (Phi) is 1.64. The molecule has 0 radical (unpaired) electrons. The standard InChI is InChI=1S/C15H17N3O/c19-14-6-9-17(10-7-14)15-8-11-18(16-15)12-13-4-2-1-3-5-13/h1-5,8,11H,6-7,9-10,12H2/i6D2,7D2,9D2,10D2. The molecular formula is C15H17N3O. The lowest BCUT2D eigenvalue weighted by molar-refractivity contribution is -0.119. The quantitative estimate of drug-likeness (QED) is 0.851. The van der Waals surface area contributed by atoms with Crippen molar-refractivity contribution in [1.82, 2.24) is 9.78 Å². The van der Waals surface area contributed by atoms with Gasteiger partial charge in [0.1, 0.15) is 5.78 Å². The first-order valence-corrected chi connectivity index (χ1v) is 5.76. The van der Waals surface area contributed by atoms with Gasteiger partial charge in [0.25, 0.3) is 0 Å². The molecule has 98 valence electrons. The van der Waals surface area contributed by atoms with Crippen LogP contribution in [-0.2, 0) is 11.3 Å². The first-order chi connectivity index (χ1) is 12.3. The topological polar surface area (TPSA) is 38.1 Å². The molecule has 4 heteroatoms. The molecule has 19 heavy (non-hydrogen) atoms. The SMILES string of the molecule is [2H]C1([2H])C(=O)C([2H])([2H])C([2H])([2H])N(c2ccn(Cc3ccccc3)n2)C1([2H])[2H]. The largest absolute Gasteiger partial charge is 0.354 e. The second-order valence-corrected chi connectivity index (χ2v) is 4.00. The number of carbonyl (C=O) groups is 1. The minimum absolute atomic E-state index is 0.281. The van der Waals surface area contributed by atoms with Gasteiger partial charge in [0.15, 0.2) is 5.82 Å². The smallest absolute Gasteiger partial charge is 0.150 e. The Morgan fingerprint density at radius 1 is 1.16 bits per heavy atom. The Bertz CT molecular complexity index is 835. The van der Waals surface area contributed by atoms with Gasteiger partial charge < -0.3 is 4.90 Å². The summed E-state index contributed by atoms with van der Waals surface area (Å²) < 4.78 is 64.8. The number of aromatic nitrogens is 2. The van der Waals surface area contributed by atoms with Crippen LogP contribution in [0.1, 0.15) is 29.3 Å². The molecule has 1 saturated heterocycles. The van der Waals surface area contributed by atoms with Crippen LogP contribution in [0.15, 0.2) is 42.6 Å². The van der Waals surface area contributed by atoms with Gasteiger partial charge in [0, 0.05) is 49.0 Å². The average Bonchev–Trinajstić information content (AvgIpc) is 3.01. The zero-order chi connectivity index (χ0) is 20.3. The van der Waals surface area contributed by atoms with Gasteiger partial charge in [-0.25, -0.2) is 0 Å². The average molecular weight is 263 g/mol. The van der Waals surface area contributed by atoms with E-state index < -0.39 is 31.5 Å². The molecule has 1 fully saturated rings. The van der Waals surface area contributed by atoms with E-state index in [9.17, 15) is 4.79 Å². The number of hydrogen-bond donors (Lipinski definition) is 0. The third kappa shape index (κ3) is 2.84. The van der Waals surface area contributed by atoms with E-state index in [1.54, 1.807) is 0 Å². The molecule has 1 aliphatic heterocycles. The van der Waals surface area contributed by atoms with Crippen LogP contribution < -0.4 is 4.90 Å². The zero-order valence-electron chi connectivity index (χ0n) is 18.0. The van der Waals surface area contributed by atoms with Crippen molar-refractivity contribution in [1.29, 1.82) is 0 Å². The van der Waals surface area contributed by atoms with E-state index >= 15 is 0 Å². The van der Waals surface area contributed by atoms with Crippen LogP contribution in [0.4, 0.5) is 5.82 Å². The van der Waals surface area contributed by atoms with Crippen LogP contribution in [0.2, 0.25) is 0 Å². The highest BCUT2D eigenvalue weighted by Crippen LogP contribution is 2.16. The number of anilines is 1. The molecule has 0 N–H and O–H groups in total. The number of carbonyl (C=O) groups excluding carboxylic acids is 1. The maximum Gasteiger partial charge on any atom is 0.150 e. The highest BCUT2D eigenvalue weighted by molar-refractivity contribution is 5.80. The predicted molar refractivity (Wildman–Crippen MR) is 74.2 cm³/mol. The molecule has 4 nitrogen and oxygen atoms in total. The number of benzene rings is 1. The lowest BCUT2D eigenvalue weighted by Gasteiger charge is -2.25. The maximum atomic E-state index is 12.1. The van der Waals surface area contributed by atoms with E-state index in [4.69, 9.17) is 11.0 Å². The Hall–Kier alpha value is -2.10. The summed E-state index contributed by atoms with van der Waals surface area (Å²) in [4.78, 5) is 12.4. The third-order valence-electron chi connectivity index (χ3n) is 2.61. The van der Waals surface area contributed by atoms with Crippen molar-refractivity contribution in [2.75, 3.05) is 17.9 Å². The number of Topliss-reactive ketones (excluding diaryl/α,β-unsaturated/α-hetero) is 1. The fourth-order valence-corrected chi connectivity index (χ4v) is 1.72. The van der Waals surface area contributed by atoms with Crippen LogP contribution in [-0.4, -0.2) is 28.6 Å². The normalized spacial score (nSPS) is 32.6. The fourth-order valence-electron chi connectivity index (χ4n) is 1.72. The van der Waals surface area contributed by atoms with Crippen LogP contribution in [0, 0.1) is 0 Å². The first kappa shape index (κ1) is 5.90. The van der Waals surface area contributed by atoms with E-state index in [0.29, 0.717) is 6.54 Å². The second kappa shape index (κ2) is 5.26. The van der Waals surface area contributed by atoms with Crippen molar-refractivity contribution < 1.29 is 15.8 Å².